The molecule has 7 N–H and O–H groups in total. The molecule has 7 amide bonds. The van der Waals surface area contributed by atoms with Gasteiger partial charge in [0.05, 0.1) is 47.0 Å². The van der Waals surface area contributed by atoms with Crippen LogP contribution >= 0.6 is 11.3 Å². The van der Waals surface area contributed by atoms with E-state index in [9.17, 15) is 48.2 Å². The Balaban J connectivity index is 0.753. The van der Waals surface area contributed by atoms with Gasteiger partial charge in [0.15, 0.2) is 30.3 Å². The predicted octanol–water partition coefficient (Wildman–Crippen LogP) is 3.92. The molecule has 2 fully saturated rings. The fourth-order valence-electron chi connectivity index (χ4n) is 9.27. The van der Waals surface area contributed by atoms with Crippen LogP contribution < -0.4 is 36.1 Å². The first-order valence-electron chi connectivity index (χ1n) is 26.2. The van der Waals surface area contributed by atoms with Gasteiger partial charge in [0.2, 0.25) is 11.8 Å². The monoisotopic (exact) mass is 1120 g/mol. The van der Waals surface area contributed by atoms with Crippen molar-refractivity contribution in [1.82, 2.24) is 46.5 Å². The van der Waals surface area contributed by atoms with Gasteiger partial charge < -0.3 is 65.3 Å². The van der Waals surface area contributed by atoms with Crippen LogP contribution in [0.15, 0.2) is 70.7 Å². The van der Waals surface area contributed by atoms with Gasteiger partial charge in [0.1, 0.15) is 29.3 Å². The number of aliphatic hydroxyl groups is 1. The molecular weight excluding hydrogens is 1060 g/mol. The highest BCUT2D eigenvalue weighted by Crippen LogP contribution is 2.41. The standard InChI is InChI=1S/C56H66FN9O13S/c1-31-48(80-30-61-31)34-7-8-35(26-60-51(72)42-23-36(67)27-66(42)53(74)49(55(2,3)4)63-54(75)56(57)15-16-56)44(22-34)78-29-47(70)59-18-20-76-19-17-58-46(69)28-77-37-12-9-32-11-14-40(39(32)24-37)62-50(71)41-25-45(79-64-41)33-10-13-38(43(68)21-33)52(73)65(5)6/h7-10,12-13,21-22,24-25,30,36,40,42,49,67-68H,11,14-20,23,26-29H2,1-6H3,(H,58,69)(H,59,70)(H,60,72)(H,62,71)(H,63,75)/t36-,40-,42+,49-/m1/s1. The molecule has 0 bridgehead atoms. The van der Waals surface area contributed by atoms with E-state index in [1.807, 2.05) is 19.1 Å². The van der Waals surface area contributed by atoms with Crippen LogP contribution in [0.5, 0.6) is 17.2 Å². The number of nitrogens with zero attached hydrogens (tertiary/aromatic N) is 4. The van der Waals surface area contributed by atoms with Crippen LogP contribution in [0, 0.1) is 12.3 Å². The number of nitrogens with one attached hydrogen (secondary N) is 5. The van der Waals surface area contributed by atoms with E-state index in [1.165, 1.54) is 39.3 Å². The molecule has 426 valence electrons. The summed E-state index contributed by atoms with van der Waals surface area (Å²) in [5.41, 5.74) is 3.40. The van der Waals surface area contributed by atoms with Crippen LogP contribution in [0.3, 0.4) is 0 Å². The number of alkyl halides is 1. The van der Waals surface area contributed by atoms with E-state index in [2.05, 4.69) is 36.7 Å². The van der Waals surface area contributed by atoms with Crippen LogP contribution in [-0.2, 0) is 41.7 Å². The van der Waals surface area contributed by atoms with Crippen LogP contribution in [0.25, 0.3) is 21.8 Å². The van der Waals surface area contributed by atoms with Gasteiger partial charge >= 0.3 is 0 Å². The lowest BCUT2D eigenvalue weighted by atomic mass is 9.85. The molecule has 22 nitrogen and oxygen atoms in total. The molecule has 1 aliphatic heterocycles. The average Bonchev–Trinajstić information content (AvgIpc) is 3.89. The summed E-state index contributed by atoms with van der Waals surface area (Å²) in [5.74, 6) is -2.97. The first kappa shape index (κ1) is 58.2. The Morgan fingerprint density at radius 2 is 1.64 bits per heavy atom. The second-order valence-electron chi connectivity index (χ2n) is 21.3. The molecule has 2 aromatic heterocycles. The molecule has 3 aromatic carbocycles. The van der Waals surface area contributed by atoms with Gasteiger partial charge in [-0.05, 0) is 85.0 Å². The van der Waals surface area contributed by atoms with Crippen LogP contribution in [0.2, 0.25) is 0 Å². The number of aliphatic hydroxyl groups excluding tert-OH is 1. The molecule has 2 aliphatic carbocycles. The maximum Gasteiger partial charge on any atom is 0.273 e. The Bertz CT molecular complexity index is 3130. The molecule has 80 heavy (non-hydrogen) atoms. The summed E-state index contributed by atoms with van der Waals surface area (Å²) in [7, 11) is 3.15. The predicted molar refractivity (Wildman–Crippen MR) is 289 cm³/mol. The van der Waals surface area contributed by atoms with Crippen molar-refractivity contribution in [2.24, 2.45) is 5.41 Å². The lowest BCUT2D eigenvalue weighted by molar-refractivity contribution is -0.145. The lowest BCUT2D eigenvalue weighted by Gasteiger charge is -2.35. The number of aryl methyl sites for hydroxylation is 2. The number of phenols is 1. The van der Waals surface area contributed by atoms with Crippen molar-refractivity contribution in [2.45, 2.75) is 96.2 Å². The van der Waals surface area contributed by atoms with Crippen molar-refractivity contribution >= 4 is 52.7 Å². The van der Waals surface area contributed by atoms with E-state index in [0.29, 0.717) is 35.5 Å². The van der Waals surface area contributed by atoms with Crippen LogP contribution in [0.4, 0.5) is 4.39 Å². The molecule has 0 spiro atoms. The number of hydrogen-bond donors (Lipinski definition) is 7. The maximum atomic E-state index is 14.7. The zero-order chi connectivity index (χ0) is 57.5. The number of aromatic nitrogens is 2. The second-order valence-corrected chi connectivity index (χ2v) is 22.1. The SMILES string of the molecule is Cc1ncsc1-c1ccc(CNC(=O)[C@@H]2C[C@@H](O)CN2C(=O)[C@@H](NC(=O)C2(F)CC2)C(C)(C)C)c(OCC(=O)NCCOCCNC(=O)COc2ccc3c(c2)[C@H](NC(=O)c2cc(-c4ccc(C(=O)N(C)C)c(O)c4)on2)CC3)c1. The Morgan fingerprint density at radius 1 is 0.925 bits per heavy atom. The van der Waals surface area contributed by atoms with Gasteiger partial charge in [0.25, 0.3) is 29.5 Å². The van der Waals surface area contributed by atoms with Gasteiger partial charge in [-0.3, -0.25) is 33.6 Å². The average molecular weight is 1120 g/mol. The number of phenolic OH excluding ortho intramolecular Hbond substituents is 1. The Labute approximate surface area is 465 Å². The highest BCUT2D eigenvalue weighted by molar-refractivity contribution is 7.13. The fraction of sp³-hybridized carbons (Fsp3) is 0.446. The number of fused-ring (bicyclic) bond motifs is 1. The van der Waals surface area contributed by atoms with E-state index in [0.717, 1.165) is 27.3 Å². The molecule has 0 unspecified atom stereocenters. The van der Waals surface area contributed by atoms with Crippen molar-refractivity contribution in [2.75, 3.05) is 60.2 Å². The quantitative estimate of drug-likeness (QED) is 0.0457. The minimum atomic E-state index is -2.01. The zero-order valence-corrected chi connectivity index (χ0v) is 46.1. The third-order valence-electron chi connectivity index (χ3n) is 13.9. The summed E-state index contributed by atoms with van der Waals surface area (Å²) in [6.45, 7) is 6.77. The van der Waals surface area contributed by atoms with Crippen molar-refractivity contribution < 1.29 is 66.9 Å². The first-order valence-corrected chi connectivity index (χ1v) is 27.1. The number of carbonyl (C=O) groups excluding carboxylic acids is 7. The summed E-state index contributed by atoms with van der Waals surface area (Å²) in [6, 6.07) is 14.1. The van der Waals surface area contributed by atoms with Crippen molar-refractivity contribution in [3.63, 3.8) is 0 Å². The van der Waals surface area contributed by atoms with E-state index in [-0.39, 0.29) is 112 Å². The molecule has 1 saturated carbocycles. The first-order chi connectivity index (χ1) is 38.1. The topological polar surface area (TPSA) is 293 Å². The Hall–Kier alpha value is -7.96. The molecule has 1 saturated heterocycles. The smallest absolute Gasteiger partial charge is 0.273 e. The number of carbonyl (C=O) groups is 7. The summed E-state index contributed by atoms with van der Waals surface area (Å²) in [6.07, 6.45) is 0.428. The second kappa shape index (κ2) is 25.0. The summed E-state index contributed by atoms with van der Waals surface area (Å²) < 4.78 is 37.5. The molecule has 0 radical (unpaired) electrons. The highest BCUT2D eigenvalue weighted by atomic mass is 32.1. The molecule has 5 aromatic rings. The number of rotatable bonds is 23. The number of thiazole rings is 1. The van der Waals surface area contributed by atoms with E-state index < -0.39 is 58.8 Å². The number of aromatic hydroxyl groups is 1. The summed E-state index contributed by atoms with van der Waals surface area (Å²) >= 11 is 1.43. The molecule has 4 atom stereocenters. The molecule has 3 aliphatic rings. The van der Waals surface area contributed by atoms with Gasteiger partial charge in [0, 0.05) is 63.9 Å². The van der Waals surface area contributed by atoms with Crippen molar-refractivity contribution in [3.05, 3.63) is 99.8 Å². The number of likely N-dealkylation sites (tertiary alicyclic amines) is 1. The number of benzene rings is 3. The summed E-state index contributed by atoms with van der Waals surface area (Å²) in [4.78, 5) is 99.4. The minimum Gasteiger partial charge on any atom is -0.507 e. The summed E-state index contributed by atoms with van der Waals surface area (Å²) in [5, 5.41) is 38.8. The third kappa shape index (κ3) is 14.3. The zero-order valence-electron chi connectivity index (χ0n) is 45.3. The minimum absolute atomic E-state index is 0.0297. The fourth-order valence-corrected chi connectivity index (χ4v) is 10.1. The van der Waals surface area contributed by atoms with Gasteiger partial charge in [-0.25, -0.2) is 9.37 Å². The van der Waals surface area contributed by atoms with Gasteiger partial charge in [-0.15, -0.1) is 11.3 Å². The maximum absolute atomic E-state index is 14.7. The number of hydrogen-bond acceptors (Lipinski definition) is 16. The molecule has 24 heteroatoms. The normalized spacial score (nSPS) is 17.4. The number of halogens is 1. The molecule has 3 heterocycles. The van der Waals surface area contributed by atoms with Crippen molar-refractivity contribution in [3.8, 4) is 39.0 Å². The van der Waals surface area contributed by atoms with E-state index >= 15 is 0 Å². The molecular formula is C56H66FN9O13S. The van der Waals surface area contributed by atoms with Crippen molar-refractivity contribution in [1.29, 1.82) is 0 Å². The number of ether oxygens (including phenoxy) is 3. The van der Waals surface area contributed by atoms with E-state index in [4.69, 9.17) is 18.7 Å². The Kier molecular flexibility index (Phi) is 18.2. The van der Waals surface area contributed by atoms with Gasteiger partial charge in [-0.2, -0.15) is 0 Å². The van der Waals surface area contributed by atoms with E-state index in [1.54, 1.807) is 70.7 Å². The Morgan fingerprint density at radius 3 is 2.30 bits per heavy atom. The van der Waals surface area contributed by atoms with Crippen LogP contribution in [0.1, 0.15) is 95.7 Å². The lowest BCUT2D eigenvalue weighted by Crippen LogP contribution is -2.59. The van der Waals surface area contributed by atoms with Gasteiger partial charge in [-0.1, -0.05) is 50.2 Å². The van der Waals surface area contributed by atoms with Crippen LogP contribution in [-0.4, -0.2) is 156 Å². The largest absolute Gasteiger partial charge is 0.507 e. The highest BCUT2D eigenvalue weighted by Gasteiger charge is 2.53. The third-order valence-corrected chi connectivity index (χ3v) is 14.9. The number of β-amino-alcohol motifs (C(OH)–C–C–N with tert-alkyl or cyclic N) is 1. The number of amides is 7. The molecule has 8 rings (SSSR count).